The van der Waals surface area contributed by atoms with Gasteiger partial charge < -0.3 is 31.3 Å². The molecule has 1 N–H and O–H groups in total. The van der Waals surface area contributed by atoms with Crippen LogP contribution in [-0.4, -0.2) is 54.8 Å². The lowest BCUT2D eigenvalue weighted by atomic mass is 9.80. The lowest BCUT2D eigenvalue weighted by Crippen LogP contribution is -3.00. The van der Waals surface area contributed by atoms with Crippen molar-refractivity contribution in [1.29, 1.82) is 0 Å². The van der Waals surface area contributed by atoms with Crippen molar-refractivity contribution < 1.29 is 44.9 Å². The monoisotopic (exact) mass is 467 g/mol. The van der Waals surface area contributed by atoms with Gasteiger partial charge in [-0.2, -0.15) is 0 Å². The molecule has 0 bridgehead atoms. The number of alkyl halides is 2. The Kier molecular flexibility index (Phi) is 6.62. The molecule has 0 radical (unpaired) electrons. The number of hydrogen-bond donors (Lipinski definition) is 1. The summed E-state index contributed by atoms with van der Waals surface area (Å²) in [5, 5.41) is 11.7. The molecule has 152 valence electrons. The number of likely N-dealkylation sites (N-methyl/N-ethyl adjacent to an activating group) is 1. The number of rotatable bonds is 4. The van der Waals surface area contributed by atoms with Crippen LogP contribution in [0.5, 0.6) is 0 Å². The molecule has 0 amide bonds. The van der Waals surface area contributed by atoms with Crippen LogP contribution in [0.3, 0.4) is 0 Å². The smallest absolute Gasteiger partial charge is 0.343 e. The van der Waals surface area contributed by atoms with E-state index in [2.05, 4.69) is 0 Å². The van der Waals surface area contributed by atoms with Gasteiger partial charge in [-0.1, -0.05) is 23.7 Å². The number of likely N-dealkylation sites (tertiary alicyclic amines) is 1. The van der Waals surface area contributed by atoms with Crippen LogP contribution >= 0.6 is 11.6 Å². The quantitative estimate of drug-likeness (QED) is 0.513. The maximum absolute atomic E-state index is 13.8. The first-order valence-electron chi connectivity index (χ1n) is 8.91. The van der Waals surface area contributed by atoms with E-state index in [4.69, 9.17) is 16.3 Å². The van der Waals surface area contributed by atoms with Crippen LogP contribution in [0.2, 0.25) is 5.02 Å². The van der Waals surface area contributed by atoms with E-state index in [1.807, 2.05) is 14.1 Å². The Hall–Kier alpha value is -0.760. The van der Waals surface area contributed by atoms with Gasteiger partial charge in [-0.05, 0) is 24.1 Å². The second-order valence-electron chi connectivity index (χ2n) is 8.23. The fourth-order valence-corrected chi connectivity index (χ4v) is 4.22. The van der Waals surface area contributed by atoms with Crippen molar-refractivity contribution in [3.63, 3.8) is 0 Å². The van der Waals surface area contributed by atoms with Crippen molar-refractivity contribution in [3.8, 4) is 0 Å². The molecule has 8 heteroatoms. The van der Waals surface area contributed by atoms with Gasteiger partial charge in [0, 0.05) is 30.2 Å². The summed E-state index contributed by atoms with van der Waals surface area (Å²) in [6.07, 6.45) is -0.441. The number of benzene rings is 1. The van der Waals surface area contributed by atoms with Gasteiger partial charge in [-0.3, -0.25) is 0 Å². The molecular formula is C19H25BrClF2NO3. The fourth-order valence-electron chi connectivity index (χ4n) is 4.10. The second-order valence-corrected chi connectivity index (χ2v) is 8.66. The zero-order valence-corrected chi connectivity index (χ0v) is 17.8. The summed E-state index contributed by atoms with van der Waals surface area (Å²) in [7, 11) is 4.08. The molecule has 0 unspecified atom stereocenters. The minimum absolute atomic E-state index is 0. The van der Waals surface area contributed by atoms with E-state index in [1.165, 1.54) is 24.3 Å². The predicted octanol–water partition coefficient (Wildman–Crippen LogP) is 0.359. The van der Waals surface area contributed by atoms with Gasteiger partial charge in [0.05, 0.1) is 20.6 Å². The molecule has 3 atom stereocenters. The molecule has 1 saturated heterocycles. The maximum atomic E-state index is 13.8. The average molecular weight is 469 g/mol. The SMILES string of the molecule is C[N+]1(C)CC[C@H](OC(=O)[C@](O)(c2ccc(Cl)cc2)[C@@H]2CCC(F)(F)C2)C1.[Br-]. The fraction of sp³-hybridized carbons (Fsp3) is 0.632. The number of esters is 1. The van der Waals surface area contributed by atoms with E-state index in [1.54, 1.807) is 0 Å². The molecular weight excluding hydrogens is 444 g/mol. The molecule has 4 nitrogen and oxygen atoms in total. The summed E-state index contributed by atoms with van der Waals surface area (Å²) < 4.78 is 33.9. The largest absolute Gasteiger partial charge is 1.00 e. The molecule has 1 aromatic rings. The molecule has 1 aromatic carbocycles. The number of quaternary nitrogens is 1. The van der Waals surface area contributed by atoms with E-state index in [-0.39, 0.29) is 41.5 Å². The first-order valence-corrected chi connectivity index (χ1v) is 9.29. The predicted molar refractivity (Wildman–Crippen MR) is 94.0 cm³/mol. The van der Waals surface area contributed by atoms with Gasteiger partial charge in [0.15, 0.2) is 11.7 Å². The summed E-state index contributed by atoms with van der Waals surface area (Å²) in [6, 6.07) is 6.10. The summed E-state index contributed by atoms with van der Waals surface area (Å²) in [5.74, 6) is -4.61. The van der Waals surface area contributed by atoms with Crippen LogP contribution in [0.1, 0.15) is 31.2 Å². The third-order valence-electron chi connectivity index (χ3n) is 5.62. The summed E-state index contributed by atoms with van der Waals surface area (Å²) in [4.78, 5) is 13.0. The first-order chi connectivity index (χ1) is 12.0. The summed E-state index contributed by atoms with van der Waals surface area (Å²) in [5.41, 5.74) is -1.84. The van der Waals surface area contributed by atoms with Crippen molar-refractivity contribution in [1.82, 2.24) is 0 Å². The number of ether oxygens (including phenoxy) is 1. The number of aliphatic hydroxyl groups is 1. The van der Waals surface area contributed by atoms with Crippen molar-refractivity contribution in [3.05, 3.63) is 34.9 Å². The molecule has 2 fully saturated rings. The summed E-state index contributed by atoms with van der Waals surface area (Å²) >= 11 is 5.90. The van der Waals surface area contributed by atoms with E-state index in [9.17, 15) is 18.7 Å². The number of halogens is 4. The molecule has 0 spiro atoms. The Bertz CT molecular complexity index is 686. The Morgan fingerprint density at radius 3 is 2.41 bits per heavy atom. The highest BCUT2D eigenvalue weighted by Gasteiger charge is 2.55. The van der Waals surface area contributed by atoms with Crippen LogP contribution in [0.15, 0.2) is 24.3 Å². The molecule has 1 aliphatic carbocycles. The standard InChI is InChI=1S/C19H25ClF2NO3.BrH/c1-23(2)10-8-16(12-23)26-17(24)19(25,13-3-5-15(20)6-4-13)14-7-9-18(21,22)11-14;/h3-6,14,16,25H,7-12H2,1-2H3;1H/q+1;/p-1/t14-,16+,19+;/m1./s1. The zero-order valence-electron chi connectivity index (χ0n) is 15.4. The van der Waals surface area contributed by atoms with Crippen LogP contribution in [0, 0.1) is 5.92 Å². The number of carbonyl (C=O) groups excluding carboxylic acids is 1. The normalized spacial score (nSPS) is 28.2. The maximum Gasteiger partial charge on any atom is 0.343 e. The molecule has 1 saturated carbocycles. The molecule has 1 heterocycles. The van der Waals surface area contributed by atoms with E-state index in [0.717, 1.165) is 11.0 Å². The number of carbonyl (C=O) groups is 1. The average Bonchev–Trinajstić information content (AvgIpc) is 3.08. The van der Waals surface area contributed by atoms with Gasteiger partial charge in [0.25, 0.3) is 0 Å². The van der Waals surface area contributed by atoms with Crippen LogP contribution < -0.4 is 17.0 Å². The zero-order chi connectivity index (χ0) is 19.2. The highest BCUT2D eigenvalue weighted by atomic mass is 79.9. The van der Waals surface area contributed by atoms with E-state index in [0.29, 0.717) is 18.0 Å². The molecule has 0 aromatic heterocycles. The van der Waals surface area contributed by atoms with Crippen molar-refractivity contribution in [2.45, 2.75) is 43.3 Å². The van der Waals surface area contributed by atoms with Gasteiger partial charge in [-0.25, -0.2) is 13.6 Å². The minimum Gasteiger partial charge on any atom is -1.00 e. The Morgan fingerprint density at radius 2 is 1.93 bits per heavy atom. The Morgan fingerprint density at radius 1 is 1.30 bits per heavy atom. The molecule has 1 aliphatic heterocycles. The Labute approximate surface area is 173 Å². The topological polar surface area (TPSA) is 46.5 Å². The Balaban J connectivity index is 0.00000261. The van der Waals surface area contributed by atoms with Crippen LogP contribution in [0.4, 0.5) is 8.78 Å². The van der Waals surface area contributed by atoms with Gasteiger partial charge in [0.2, 0.25) is 5.92 Å². The minimum atomic E-state index is -2.88. The van der Waals surface area contributed by atoms with Gasteiger partial charge in [0.1, 0.15) is 6.54 Å². The number of nitrogens with zero attached hydrogens (tertiary/aromatic N) is 1. The lowest BCUT2D eigenvalue weighted by Gasteiger charge is -2.33. The van der Waals surface area contributed by atoms with Gasteiger partial charge >= 0.3 is 5.97 Å². The van der Waals surface area contributed by atoms with Crippen molar-refractivity contribution in [2.75, 3.05) is 27.2 Å². The van der Waals surface area contributed by atoms with Crippen molar-refractivity contribution >= 4 is 17.6 Å². The van der Waals surface area contributed by atoms with E-state index < -0.39 is 29.8 Å². The first kappa shape index (κ1) is 22.5. The van der Waals surface area contributed by atoms with Crippen molar-refractivity contribution in [2.24, 2.45) is 5.92 Å². The second kappa shape index (κ2) is 7.93. The summed E-state index contributed by atoms with van der Waals surface area (Å²) in [6.45, 7) is 1.50. The molecule has 3 rings (SSSR count). The van der Waals surface area contributed by atoms with Gasteiger partial charge in [-0.15, -0.1) is 0 Å². The molecule has 27 heavy (non-hydrogen) atoms. The highest BCUT2D eigenvalue weighted by molar-refractivity contribution is 6.30. The van der Waals surface area contributed by atoms with Crippen LogP contribution in [-0.2, 0) is 15.1 Å². The lowest BCUT2D eigenvalue weighted by molar-refractivity contribution is -0.879. The van der Waals surface area contributed by atoms with Crippen LogP contribution in [0.25, 0.3) is 0 Å². The number of hydrogen-bond acceptors (Lipinski definition) is 3. The molecule has 2 aliphatic rings. The van der Waals surface area contributed by atoms with E-state index >= 15 is 0 Å². The third-order valence-corrected chi connectivity index (χ3v) is 5.87. The third kappa shape index (κ3) is 4.81. The highest BCUT2D eigenvalue weighted by Crippen LogP contribution is 2.48.